The van der Waals surface area contributed by atoms with E-state index in [1.165, 1.54) is 11.1 Å². The monoisotopic (exact) mass is 279 g/mol. The summed E-state index contributed by atoms with van der Waals surface area (Å²) in [4.78, 5) is 0. The van der Waals surface area contributed by atoms with Gasteiger partial charge < -0.3 is 5.32 Å². The van der Waals surface area contributed by atoms with Crippen LogP contribution in [0.3, 0.4) is 0 Å². The fourth-order valence-electron chi connectivity index (χ4n) is 1.99. The van der Waals surface area contributed by atoms with Crippen molar-refractivity contribution in [3.05, 3.63) is 63.6 Å². The van der Waals surface area contributed by atoms with E-state index in [2.05, 4.69) is 37.4 Å². The van der Waals surface area contributed by atoms with Crippen molar-refractivity contribution < 1.29 is 0 Å². The van der Waals surface area contributed by atoms with Crippen molar-refractivity contribution in [3.63, 3.8) is 0 Å². The number of nitrogens with one attached hydrogen (secondary N) is 1. The van der Waals surface area contributed by atoms with Crippen molar-refractivity contribution in [3.8, 4) is 0 Å². The minimum Gasteiger partial charge on any atom is -0.378 e. The Morgan fingerprint density at radius 1 is 1.00 bits per heavy atom. The number of halogens is 2. The maximum absolute atomic E-state index is 6.00. The van der Waals surface area contributed by atoms with Gasteiger partial charge in [-0.3, -0.25) is 0 Å². The molecule has 0 aliphatic heterocycles. The Hall–Kier alpha value is -1.18. The average Bonchev–Trinajstić information content (AvgIpc) is 2.34. The number of anilines is 1. The highest BCUT2D eigenvalue weighted by Crippen LogP contribution is 2.28. The summed E-state index contributed by atoms with van der Waals surface area (Å²) in [6, 6.07) is 14.1. The number of rotatable bonds is 3. The summed E-state index contributed by atoms with van der Waals surface area (Å²) < 4.78 is 0. The van der Waals surface area contributed by atoms with Gasteiger partial charge in [-0.2, -0.15) is 0 Å². The largest absolute Gasteiger partial charge is 0.378 e. The molecule has 1 unspecified atom stereocenters. The molecule has 0 fully saturated rings. The van der Waals surface area contributed by atoms with E-state index in [9.17, 15) is 0 Å². The Morgan fingerprint density at radius 2 is 1.72 bits per heavy atom. The third-order valence-electron chi connectivity index (χ3n) is 2.96. The van der Waals surface area contributed by atoms with E-state index in [4.69, 9.17) is 23.2 Å². The van der Waals surface area contributed by atoms with Gasteiger partial charge in [0.1, 0.15) is 0 Å². The highest BCUT2D eigenvalue weighted by molar-refractivity contribution is 6.42. The smallest absolute Gasteiger partial charge is 0.0612 e. The minimum atomic E-state index is 0.225. The number of aryl methyl sites for hydroxylation is 1. The Bertz CT molecular complexity index is 552. The van der Waals surface area contributed by atoms with Crippen LogP contribution < -0.4 is 5.32 Å². The van der Waals surface area contributed by atoms with Gasteiger partial charge in [0.05, 0.1) is 10.0 Å². The van der Waals surface area contributed by atoms with E-state index in [1.807, 2.05) is 18.2 Å². The standard InChI is InChI=1S/C15H15Cl2N/c1-10-5-3-4-6-13(10)11(2)18-12-7-8-14(16)15(17)9-12/h3-9,11,18H,1-2H3. The molecular formula is C15H15Cl2N. The predicted octanol–water partition coefficient (Wildman–Crippen LogP) is 5.47. The summed E-state index contributed by atoms with van der Waals surface area (Å²) in [5.41, 5.74) is 3.53. The van der Waals surface area contributed by atoms with Crippen molar-refractivity contribution in [2.24, 2.45) is 0 Å². The third kappa shape index (κ3) is 2.98. The van der Waals surface area contributed by atoms with Crippen LogP contribution in [0, 0.1) is 6.92 Å². The van der Waals surface area contributed by atoms with Crippen LogP contribution in [-0.4, -0.2) is 0 Å². The zero-order chi connectivity index (χ0) is 13.1. The van der Waals surface area contributed by atoms with E-state index in [0.717, 1.165) is 5.69 Å². The lowest BCUT2D eigenvalue weighted by Gasteiger charge is -2.18. The SMILES string of the molecule is Cc1ccccc1C(C)Nc1ccc(Cl)c(Cl)c1. The van der Waals surface area contributed by atoms with Gasteiger partial charge >= 0.3 is 0 Å². The topological polar surface area (TPSA) is 12.0 Å². The molecule has 0 saturated carbocycles. The second-order valence-electron chi connectivity index (χ2n) is 4.35. The molecule has 0 aliphatic rings. The predicted molar refractivity (Wildman–Crippen MR) is 79.7 cm³/mol. The maximum atomic E-state index is 6.00. The molecule has 0 spiro atoms. The molecule has 94 valence electrons. The zero-order valence-corrected chi connectivity index (χ0v) is 11.9. The van der Waals surface area contributed by atoms with Gasteiger partial charge in [-0.05, 0) is 43.2 Å². The first-order chi connectivity index (χ1) is 8.58. The molecule has 0 heterocycles. The first-order valence-corrected chi connectivity index (χ1v) is 6.60. The molecule has 1 atom stereocenters. The number of hydrogen-bond donors (Lipinski definition) is 1. The summed E-state index contributed by atoms with van der Waals surface area (Å²) in [5, 5.41) is 4.57. The summed E-state index contributed by atoms with van der Waals surface area (Å²) in [6.07, 6.45) is 0. The zero-order valence-electron chi connectivity index (χ0n) is 10.4. The van der Waals surface area contributed by atoms with Crippen molar-refractivity contribution in [1.29, 1.82) is 0 Å². The van der Waals surface area contributed by atoms with E-state index < -0.39 is 0 Å². The molecule has 0 amide bonds. The van der Waals surface area contributed by atoms with Crippen LogP contribution in [0.2, 0.25) is 10.0 Å². The Morgan fingerprint density at radius 3 is 2.39 bits per heavy atom. The molecule has 18 heavy (non-hydrogen) atoms. The van der Waals surface area contributed by atoms with Gasteiger partial charge in [0, 0.05) is 11.7 Å². The highest BCUT2D eigenvalue weighted by Gasteiger charge is 2.08. The highest BCUT2D eigenvalue weighted by atomic mass is 35.5. The maximum Gasteiger partial charge on any atom is 0.0612 e. The molecule has 0 bridgehead atoms. The summed E-state index contributed by atoms with van der Waals surface area (Å²) in [6.45, 7) is 4.24. The first-order valence-electron chi connectivity index (χ1n) is 5.85. The average molecular weight is 280 g/mol. The molecule has 2 aromatic carbocycles. The molecule has 0 aromatic heterocycles. The van der Waals surface area contributed by atoms with Gasteiger partial charge in [0.2, 0.25) is 0 Å². The minimum absolute atomic E-state index is 0.225. The lowest BCUT2D eigenvalue weighted by Crippen LogP contribution is -2.07. The van der Waals surface area contributed by atoms with Crippen LogP contribution in [0.5, 0.6) is 0 Å². The Labute approximate surface area is 118 Å². The normalized spacial score (nSPS) is 12.2. The van der Waals surface area contributed by atoms with Crippen LogP contribution in [0.1, 0.15) is 24.1 Å². The second-order valence-corrected chi connectivity index (χ2v) is 5.17. The molecule has 1 N–H and O–H groups in total. The third-order valence-corrected chi connectivity index (χ3v) is 3.70. The van der Waals surface area contributed by atoms with Gasteiger partial charge in [0.15, 0.2) is 0 Å². The molecule has 3 heteroatoms. The van der Waals surface area contributed by atoms with Crippen LogP contribution in [0.25, 0.3) is 0 Å². The molecule has 0 saturated heterocycles. The molecule has 1 nitrogen and oxygen atoms in total. The van der Waals surface area contributed by atoms with Gasteiger partial charge in [-0.15, -0.1) is 0 Å². The first kappa shape index (κ1) is 13.3. The fourth-order valence-corrected chi connectivity index (χ4v) is 2.28. The van der Waals surface area contributed by atoms with Crippen LogP contribution in [0.4, 0.5) is 5.69 Å². The molecule has 2 aromatic rings. The van der Waals surface area contributed by atoms with Crippen LogP contribution >= 0.6 is 23.2 Å². The quantitative estimate of drug-likeness (QED) is 0.785. The van der Waals surface area contributed by atoms with E-state index in [1.54, 1.807) is 6.07 Å². The number of benzene rings is 2. The molecular weight excluding hydrogens is 265 g/mol. The van der Waals surface area contributed by atoms with Gasteiger partial charge in [-0.25, -0.2) is 0 Å². The van der Waals surface area contributed by atoms with Crippen LogP contribution in [0.15, 0.2) is 42.5 Å². The van der Waals surface area contributed by atoms with Crippen molar-refractivity contribution in [2.45, 2.75) is 19.9 Å². The van der Waals surface area contributed by atoms with E-state index >= 15 is 0 Å². The Balaban J connectivity index is 2.19. The van der Waals surface area contributed by atoms with Crippen molar-refractivity contribution in [1.82, 2.24) is 0 Å². The second kappa shape index (κ2) is 5.64. The van der Waals surface area contributed by atoms with E-state index in [0.29, 0.717) is 10.0 Å². The van der Waals surface area contributed by atoms with Crippen molar-refractivity contribution in [2.75, 3.05) is 5.32 Å². The van der Waals surface area contributed by atoms with Gasteiger partial charge in [0.25, 0.3) is 0 Å². The van der Waals surface area contributed by atoms with Crippen molar-refractivity contribution >= 4 is 28.9 Å². The molecule has 0 radical (unpaired) electrons. The van der Waals surface area contributed by atoms with Crippen LogP contribution in [-0.2, 0) is 0 Å². The summed E-state index contributed by atoms with van der Waals surface area (Å²) in [5.74, 6) is 0. The molecule has 2 rings (SSSR count). The molecule has 0 aliphatic carbocycles. The lowest BCUT2D eigenvalue weighted by molar-refractivity contribution is 0.874. The van der Waals surface area contributed by atoms with Gasteiger partial charge in [-0.1, -0.05) is 47.5 Å². The Kier molecular flexibility index (Phi) is 4.15. The lowest BCUT2D eigenvalue weighted by atomic mass is 10.0. The summed E-state index contributed by atoms with van der Waals surface area (Å²) in [7, 11) is 0. The fraction of sp³-hybridized carbons (Fsp3) is 0.200. The van der Waals surface area contributed by atoms with E-state index in [-0.39, 0.29) is 6.04 Å². The summed E-state index contributed by atoms with van der Waals surface area (Å²) >= 11 is 11.9. The number of hydrogen-bond acceptors (Lipinski definition) is 1.